The Morgan fingerprint density at radius 1 is 1.15 bits per heavy atom. The summed E-state index contributed by atoms with van der Waals surface area (Å²) < 4.78 is 7.93. The summed E-state index contributed by atoms with van der Waals surface area (Å²) in [5.41, 5.74) is 0. The average Bonchev–Trinajstić information content (AvgIpc) is 2.96. The SMILES string of the molecule is Clc1ccc(OCc2nncn2C2CCCCC2)cc1. The van der Waals surface area contributed by atoms with Gasteiger partial charge < -0.3 is 9.30 Å². The van der Waals surface area contributed by atoms with Crippen molar-refractivity contribution in [3.63, 3.8) is 0 Å². The monoisotopic (exact) mass is 291 g/mol. The highest BCUT2D eigenvalue weighted by atomic mass is 35.5. The Kier molecular flexibility index (Phi) is 4.21. The zero-order valence-corrected chi connectivity index (χ0v) is 12.1. The third-order valence-electron chi connectivity index (χ3n) is 3.80. The van der Waals surface area contributed by atoms with E-state index in [1.54, 1.807) is 0 Å². The lowest BCUT2D eigenvalue weighted by atomic mass is 9.95. The van der Waals surface area contributed by atoms with Crippen molar-refractivity contribution in [1.82, 2.24) is 14.8 Å². The zero-order chi connectivity index (χ0) is 13.8. The van der Waals surface area contributed by atoms with E-state index in [9.17, 15) is 0 Å². The minimum atomic E-state index is 0.443. The molecule has 0 aliphatic heterocycles. The number of benzene rings is 1. The standard InChI is InChI=1S/C15H18ClN3O/c16-12-6-8-14(9-7-12)20-10-15-18-17-11-19(15)13-4-2-1-3-5-13/h6-9,11,13H,1-5,10H2. The largest absolute Gasteiger partial charge is 0.486 e. The lowest BCUT2D eigenvalue weighted by Gasteiger charge is -2.23. The van der Waals surface area contributed by atoms with Gasteiger partial charge in [0.15, 0.2) is 5.82 Å². The van der Waals surface area contributed by atoms with Crippen molar-refractivity contribution in [2.24, 2.45) is 0 Å². The van der Waals surface area contributed by atoms with Gasteiger partial charge in [0, 0.05) is 11.1 Å². The van der Waals surface area contributed by atoms with Gasteiger partial charge in [0.05, 0.1) is 0 Å². The molecule has 1 aromatic carbocycles. The fourth-order valence-corrected chi connectivity index (χ4v) is 2.84. The molecule has 0 N–H and O–H groups in total. The first-order valence-corrected chi connectivity index (χ1v) is 7.47. The third-order valence-corrected chi connectivity index (χ3v) is 4.05. The van der Waals surface area contributed by atoms with Gasteiger partial charge in [-0.25, -0.2) is 0 Å². The van der Waals surface area contributed by atoms with Gasteiger partial charge in [-0.1, -0.05) is 30.9 Å². The van der Waals surface area contributed by atoms with Crippen LogP contribution in [0, 0.1) is 0 Å². The normalized spacial score (nSPS) is 16.2. The smallest absolute Gasteiger partial charge is 0.171 e. The Bertz CT molecular complexity index is 547. The number of halogens is 1. The van der Waals surface area contributed by atoms with Crippen molar-refractivity contribution in [3.8, 4) is 5.75 Å². The van der Waals surface area contributed by atoms with Gasteiger partial charge in [0.25, 0.3) is 0 Å². The Hall–Kier alpha value is -1.55. The Morgan fingerprint density at radius 3 is 2.65 bits per heavy atom. The molecular weight excluding hydrogens is 274 g/mol. The first-order chi connectivity index (χ1) is 9.83. The van der Waals surface area contributed by atoms with Crippen LogP contribution in [0.15, 0.2) is 30.6 Å². The van der Waals surface area contributed by atoms with Crippen LogP contribution in [0.3, 0.4) is 0 Å². The predicted octanol–water partition coefficient (Wildman–Crippen LogP) is 4.02. The molecular formula is C15H18ClN3O. The summed E-state index contributed by atoms with van der Waals surface area (Å²) in [6, 6.07) is 7.90. The fraction of sp³-hybridized carbons (Fsp3) is 0.467. The third kappa shape index (κ3) is 3.12. The fourth-order valence-electron chi connectivity index (χ4n) is 2.71. The summed E-state index contributed by atoms with van der Waals surface area (Å²) >= 11 is 5.86. The van der Waals surface area contributed by atoms with Crippen LogP contribution in [0.2, 0.25) is 5.02 Å². The van der Waals surface area contributed by atoms with Gasteiger partial charge >= 0.3 is 0 Å². The average molecular weight is 292 g/mol. The molecule has 0 saturated heterocycles. The molecule has 1 saturated carbocycles. The van der Waals surface area contributed by atoms with Gasteiger partial charge in [0.1, 0.15) is 18.7 Å². The van der Waals surface area contributed by atoms with Crippen LogP contribution in [-0.2, 0) is 6.61 Å². The van der Waals surface area contributed by atoms with Crippen molar-refractivity contribution < 1.29 is 4.74 Å². The molecule has 106 valence electrons. The quantitative estimate of drug-likeness (QED) is 0.854. The molecule has 0 atom stereocenters. The molecule has 5 heteroatoms. The van der Waals surface area contributed by atoms with Crippen molar-refractivity contribution in [2.75, 3.05) is 0 Å². The molecule has 1 aromatic heterocycles. The first kappa shape index (κ1) is 13.4. The summed E-state index contributed by atoms with van der Waals surface area (Å²) in [4.78, 5) is 0. The van der Waals surface area contributed by atoms with Crippen LogP contribution in [0.4, 0.5) is 0 Å². The van der Waals surface area contributed by atoms with Crippen LogP contribution >= 0.6 is 11.6 Å². The number of rotatable bonds is 4. The van der Waals surface area contributed by atoms with Crippen molar-refractivity contribution in [2.45, 2.75) is 44.8 Å². The van der Waals surface area contributed by atoms with Crippen molar-refractivity contribution in [3.05, 3.63) is 41.4 Å². The van der Waals surface area contributed by atoms with E-state index in [2.05, 4.69) is 14.8 Å². The van der Waals surface area contributed by atoms with Gasteiger partial charge in [-0.3, -0.25) is 0 Å². The minimum Gasteiger partial charge on any atom is -0.486 e. The Labute approximate surface area is 123 Å². The Morgan fingerprint density at radius 2 is 1.90 bits per heavy atom. The molecule has 0 amide bonds. The van der Waals surface area contributed by atoms with E-state index in [0.29, 0.717) is 17.7 Å². The molecule has 0 bridgehead atoms. The molecule has 4 nitrogen and oxygen atoms in total. The zero-order valence-electron chi connectivity index (χ0n) is 11.3. The molecule has 0 unspecified atom stereocenters. The van der Waals surface area contributed by atoms with Crippen molar-refractivity contribution in [1.29, 1.82) is 0 Å². The van der Waals surface area contributed by atoms with E-state index >= 15 is 0 Å². The lowest BCUT2D eigenvalue weighted by Crippen LogP contribution is -2.16. The molecule has 1 fully saturated rings. The van der Waals surface area contributed by atoms with Gasteiger partial charge in [-0.05, 0) is 37.1 Å². The van der Waals surface area contributed by atoms with Gasteiger partial charge in [0.2, 0.25) is 0 Å². The molecule has 1 heterocycles. The number of aromatic nitrogens is 3. The van der Waals surface area contributed by atoms with Gasteiger partial charge in [-0.15, -0.1) is 10.2 Å². The molecule has 1 aliphatic rings. The maximum atomic E-state index is 5.86. The van der Waals surface area contributed by atoms with Crippen LogP contribution < -0.4 is 4.74 Å². The second-order valence-electron chi connectivity index (χ2n) is 5.19. The van der Waals surface area contributed by atoms with E-state index < -0.39 is 0 Å². The van der Waals surface area contributed by atoms with Crippen LogP contribution in [0.1, 0.15) is 44.0 Å². The maximum absolute atomic E-state index is 5.86. The summed E-state index contributed by atoms with van der Waals surface area (Å²) in [7, 11) is 0. The second kappa shape index (κ2) is 6.27. The molecule has 0 spiro atoms. The number of nitrogens with zero attached hydrogens (tertiary/aromatic N) is 3. The minimum absolute atomic E-state index is 0.443. The molecule has 2 aromatic rings. The summed E-state index contributed by atoms with van der Waals surface area (Å²) in [5, 5.41) is 8.93. The molecule has 20 heavy (non-hydrogen) atoms. The first-order valence-electron chi connectivity index (χ1n) is 7.10. The molecule has 0 radical (unpaired) electrons. The van der Waals surface area contributed by atoms with Crippen molar-refractivity contribution >= 4 is 11.6 Å². The molecule has 1 aliphatic carbocycles. The second-order valence-corrected chi connectivity index (χ2v) is 5.63. The van der Waals surface area contributed by atoms with E-state index in [4.69, 9.17) is 16.3 Å². The number of ether oxygens (including phenoxy) is 1. The highest BCUT2D eigenvalue weighted by Gasteiger charge is 2.18. The highest BCUT2D eigenvalue weighted by Crippen LogP contribution is 2.28. The highest BCUT2D eigenvalue weighted by molar-refractivity contribution is 6.30. The number of hydrogen-bond acceptors (Lipinski definition) is 3. The lowest BCUT2D eigenvalue weighted by molar-refractivity contribution is 0.271. The van der Waals surface area contributed by atoms with E-state index in [-0.39, 0.29) is 0 Å². The summed E-state index contributed by atoms with van der Waals surface area (Å²) in [6.07, 6.45) is 8.18. The van der Waals surface area contributed by atoms with E-state index in [1.807, 2.05) is 30.6 Å². The summed E-state index contributed by atoms with van der Waals surface area (Å²) in [6.45, 7) is 0.443. The summed E-state index contributed by atoms with van der Waals surface area (Å²) in [5.74, 6) is 1.69. The van der Waals surface area contributed by atoms with Gasteiger partial charge in [-0.2, -0.15) is 0 Å². The molecule has 3 rings (SSSR count). The number of hydrogen-bond donors (Lipinski definition) is 0. The maximum Gasteiger partial charge on any atom is 0.171 e. The van der Waals surface area contributed by atoms with E-state index in [0.717, 1.165) is 11.6 Å². The predicted molar refractivity (Wildman–Crippen MR) is 77.9 cm³/mol. The Balaban J connectivity index is 1.65. The topological polar surface area (TPSA) is 39.9 Å². The van der Waals surface area contributed by atoms with Crippen LogP contribution in [-0.4, -0.2) is 14.8 Å². The van der Waals surface area contributed by atoms with Crippen LogP contribution in [0.25, 0.3) is 0 Å². The van der Waals surface area contributed by atoms with Crippen LogP contribution in [0.5, 0.6) is 5.75 Å². The van der Waals surface area contributed by atoms with E-state index in [1.165, 1.54) is 32.1 Å².